The second kappa shape index (κ2) is 6.84. The minimum atomic E-state index is 0.0775. The fourth-order valence-corrected chi connectivity index (χ4v) is 2.99. The number of aryl methyl sites for hydroxylation is 1. The van der Waals surface area contributed by atoms with Gasteiger partial charge in [-0.15, -0.1) is 0 Å². The molecule has 3 rings (SSSR count). The van der Waals surface area contributed by atoms with Crippen LogP contribution in [0.4, 0.5) is 0 Å². The van der Waals surface area contributed by atoms with Crippen molar-refractivity contribution in [3.63, 3.8) is 0 Å². The van der Waals surface area contributed by atoms with Crippen molar-refractivity contribution < 1.29 is 9.53 Å². The average molecular weight is 378 g/mol. The van der Waals surface area contributed by atoms with E-state index in [0.29, 0.717) is 32.8 Å². The quantitative estimate of drug-likeness (QED) is 0.825. The van der Waals surface area contributed by atoms with Gasteiger partial charge >= 0.3 is 0 Å². The maximum Gasteiger partial charge on any atom is 0.254 e. The molecule has 0 bridgehead atoms. The number of amides is 1. The van der Waals surface area contributed by atoms with Gasteiger partial charge in [-0.1, -0.05) is 12.1 Å². The minimum absolute atomic E-state index is 0.0775. The summed E-state index contributed by atoms with van der Waals surface area (Å²) < 4.78 is 8.31. The van der Waals surface area contributed by atoms with Crippen molar-refractivity contribution in [2.75, 3.05) is 26.3 Å². The molecule has 1 amide bonds. The van der Waals surface area contributed by atoms with Gasteiger partial charge in [0.05, 0.1) is 35.6 Å². The molecule has 2 aromatic rings. The fraction of sp³-hybridized carbons (Fsp3) is 0.412. The molecule has 1 fully saturated rings. The monoisotopic (exact) mass is 377 g/mol. The number of morpholine rings is 1. The molecule has 122 valence electrons. The van der Waals surface area contributed by atoms with Crippen molar-refractivity contribution in [3.05, 3.63) is 51.3 Å². The zero-order chi connectivity index (χ0) is 16.4. The van der Waals surface area contributed by atoms with Crippen LogP contribution in [0.15, 0.2) is 28.7 Å². The molecule has 1 aromatic carbocycles. The van der Waals surface area contributed by atoms with E-state index in [9.17, 15) is 4.79 Å². The van der Waals surface area contributed by atoms with Crippen molar-refractivity contribution in [2.24, 2.45) is 0 Å². The SMILES string of the molecule is Cc1nn(Cc2ccc(C(=O)N3CCOCC3)cc2)c(C)c1Br. The summed E-state index contributed by atoms with van der Waals surface area (Å²) in [5.74, 6) is 0.0775. The predicted molar refractivity (Wildman–Crippen MR) is 91.7 cm³/mol. The molecule has 1 aromatic heterocycles. The smallest absolute Gasteiger partial charge is 0.254 e. The van der Waals surface area contributed by atoms with E-state index in [1.54, 1.807) is 0 Å². The van der Waals surface area contributed by atoms with Gasteiger partial charge in [-0.25, -0.2) is 0 Å². The zero-order valence-corrected chi connectivity index (χ0v) is 15.0. The van der Waals surface area contributed by atoms with Crippen LogP contribution in [0, 0.1) is 13.8 Å². The van der Waals surface area contributed by atoms with Crippen molar-refractivity contribution in [1.82, 2.24) is 14.7 Å². The summed E-state index contributed by atoms with van der Waals surface area (Å²) in [6.45, 7) is 7.30. The highest BCUT2D eigenvalue weighted by Gasteiger charge is 2.18. The second-order valence-corrected chi connectivity index (χ2v) is 6.54. The molecule has 0 aliphatic carbocycles. The van der Waals surface area contributed by atoms with E-state index in [0.717, 1.165) is 27.0 Å². The highest BCUT2D eigenvalue weighted by Crippen LogP contribution is 2.20. The lowest BCUT2D eigenvalue weighted by molar-refractivity contribution is 0.0303. The maximum atomic E-state index is 12.4. The molecule has 0 saturated carbocycles. The number of rotatable bonds is 3. The van der Waals surface area contributed by atoms with Crippen LogP contribution in [0.5, 0.6) is 0 Å². The van der Waals surface area contributed by atoms with Crippen LogP contribution in [-0.4, -0.2) is 46.9 Å². The van der Waals surface area contributed by atoms with Crippen molar-refractivity contribution in [3.8, 4) is 0 Å². The summed E-state index contributed by atoms with van der Waals surface area (Å²) in [4.78, 5) is 14.3. The van der Waals surface area contributed by atoms with Crippen LogP contribution >= 0.6 is 15.9 Å². The van der Waals surface area contributed by atoms with E-state index in [4.69, 9.17) is 4.74 Å². The number of halogens is 1. The van der Waals surface area contributed by atoms with Crippen LogP contribution < -0.4 is 0 Å². The fourth-order valence-electron chi connectivity index (χ4n) is 2.70. The van der Waals surface area contributed by atoms with Gasteiger partial charge in [0.25, 0.3) is 5.91 Å². The van der Waals surface area contributed by atoms with Crippen LogP contribution in [0.2, 0.25) is 0 Å². The summed E-state index contributed by atoms with van der Waals surface area (Å²) in [5.41, 5.74) is 3.95. The molecule has 1 aliphatic heterocycles. The Morgan fingerprint density at radius 1 is 1.22 bits per heavy atom. The van der Waals surface area contributed by atoms with Gasteiger partial charge in [-0.05, 0) is 47.5 Å². The summed E-state index contributed by atoms with van der Waals surface area (Å²) in [7, 11) is 0. The lowest BCUT2D eigenvalue weighted by atomic mass is 10.1. The van der Waals surface area contributed by atoms with Gasteiger partial charge in [0, 0.05) is 18.7 Å². The first kappa shape index (κ1) is 16.2. The Hall–Kier alpha value is -1.66. The summed E-state index contributed by atoms with van der Waals surface area (Å²) in [6, 6.07) is 7.79. The third-order valence-electron chi connectivity index (χ3n) is 4.12. The average Bonchev–Trinajstić information content (AvgIpc) is 2.83. The molecule has 0 atom stereocenters. The van der Waals surface area contributed by atoms with Crippen LogP contribution in [0.3, 0.4) is 0 Å². The Morgan fingerprint density at radius 2 is 1.87 bits per heavy atom. The number of aromatic nitrogens is 2. The van der Waals surface area contributed by atoms with Gasteiger partial charge in [-0.3, -0.25) is 9.48 Å². The summed E-state index contributed by atoms with van der Waals surface area (Å²) >= 11 is 3.54. The van der Waals surface area contributed by atoms with E-state index in [-0.39, 0.29) is 5.91 Å². The molecule has 23 heavy (non-hydrogen) atoms. The minimum Gasteiger partial charge on any atom is -0.378 e. The maximum absolute atomic E-state index is 12.4. The number of nitrogens with zero attached hydrogens (tertiary/aromatic N) is 3. The Kier molecular flexibility index (Phi) is 4.82. The molecular formula is C17H20BrN3O2. The lowest BCUT2D eigenvalue weighted by Gasteiger charge is -2.26. The second-order valence-electron chi connectivity index (χ2n) is 5.74. The molecule has 1 aliphatic rings. The van der Waals surface area contributed by atoms with Gasteiger partial charge in [0.2, 0.25) is 0 Å². The molecule has 1 saturated heterocycles. The topological polar surface area (TPSA) is 47.4 Å². The van der Waals surface area contributed by atoms with E-state index in [1.807, 2.05) is 47.7 Å². The highest BCUT2D eigenvalue weighted by molar-refractivity contribution is 9.10. The van der Waals surface area contributed by atoms with Crippen LogP contribution in [-0.2, 0) is 11.3 Å². The third kappa shape index (κ3) is 3.48. The molecule has 0 unspecified atom stereocenters. The normalized spacial score (nSPS) is 15.0. The standard InChI is InChI=1S/C17H20BrN3O2/c1-12-16(18)13(2)21(19-12)11-14-3-5-15(6-4-14)17(22)20-7-9-23-10-8-20/h3-6H,7-11H2,1-2H3. The Balaban J connectivity index is 1.71. The Morgan fingerprint density at radius 3 is 2.43 bits per heavy atom. The number of ether oxygens (including phenoxy) is 1. The van der Waals surface area contributed by atoms with Gasteiger partial charge in [-0.2, -0.15) is 5.10 Å². The highest BCUT2D eigenvalue weighted by atomic mass is 79.9. The molecule has 0 radical (unpaired) electrons. The number of carbonyl (C=O) groups is 1. The largest absolute Gasteiger partial charge is 0.378 e. The van der Waals surface area contributed by atoms with Crippen LogP contribution in [0.1, 0.15) is 27.3 Å². The molecular weight excluding hydrogens is 358 g/mol. The first-order chi connectivity index (χ1) is 11.1. The van der Waals surface area contributed by atoms with Gasteiger partial charge in [0.1, 0.15) is 0 Å². The van der Waals surface area contributed by atoms with Gasteiger partial charge in [0.15, 0.2) is 0 Å². The zero-order valence-electron chi connectivity index (χ0n) is 13.4. The van der Waals surface area contributed by atoms with Crippen molar-refractivity contribution in [1.29, 1.82) is 0 Å². The first-order valence-electron chi connectivity index (χ1n) is 7.71. The van der Waals surface area contributed by atoms with E-state index in [1.165, 1.54) is 0 Å². The number of hydrogen-bond acceptors (Lipinski definition) is 3. The summed E-state index contributed by atoms with van der Waals surface area (Å²) in [5, 5.41) is 4.52. The van der Waals surface area contributed by atoms with Gasteiger partial charge < -0.3 is 9.64 Å². The number of benzene rings is 1. The Bertz CT molecular complexity index is 703. The molecule has 6 heteroatoms. The van der Waals surface area contributed by atoms with Crippen molar-refractivity contribution >= 4 is 21.8 Å². The van der Waals surface area contributed by atoms with Crippen LogP contribution in [0.25, 0.3) is 0 Å². The number of hydrogen-bond donors (Lipinski definition) is 0. The summed E-state index contributed by atoms with van der Waals surface area (Å²) in [6.07, 6.45) is 0. The van der Waals surface area contributed by atoms with E-state index in [2.05, 4.69) is 21.0 Å². The molecule has 2 heterocycles. The molecule has 5 nitrogen and oxygen atoms in total. The predicted octanol–water partition coefficient (Wildman–Crippen LogP) is 2.78. The third-order valence-corrected chi connectivity index (χ3v) is 5.27. The Labute approximate surface area is 144 Å². The number of carbonyl (C=O) groups excluding carboxylic acids is 1. The van der Waals surface area contributed by atoms with Crippen molar-refractivity contribution in [2.45, 2.75) is 20.4 Å². The van der Waals surface area contributed by atoms with E-state index < -0.39 is 0 Å². The molecule has 0 spiro atoms. The molecule has 0 N–H and O–H groups in total. The lowest BCUT2D eigenvalue weighted by Crippen LogP contribution is -2.40. The first-order valence-corrected chi connectivity index (χ1v) is 8.51. The van der Waals surface area contributed by atoms with E-state index >= 15 is 0 Å².